The van der Waals surface area contributed by atoms with Gasteiger partial charge in [0.15, 0.2) is 0 Å². The molecular formula is C11H23NO2. The standard InChI is InChI=1S/C11H23NO2/c1-5-8-12-9-6-7-10(13)14-11(2,3)4/h12H,5-9H2,1-4H3. The molecule has 0 atom stereocenters. The van der Waals surface area contributed by atoms with Crippen molar-refractivity contribution in [2.24, 2.45) is 0 Å². The molecule has 1 N–H and O–H groups in total. The highest BCUT2D eigenvalue weighted by molar-refractivity contribution is 5.69. The topological polar surface area (TPSA) is 38.3 Å². The number of esters is 1. The van der Waals surface area contributed by atoms with Gasteiger partial charge in [-0.25, -0.2) is 0 Å². The van der Waals surface area contributed by atoms with Gasteiger partial charge in [0.1, 0.15) is 5.60 Å². The minimum atomic E-state index is -0.353. The van der Waals surface area contributed by atoms with E-state index in [-0.39, 0.29) is 11.6 Å². The van der Waals surface area contributed by atoms with E-state index in [1.807, 2.05) is 20.8 Å². The summed E-state index contributed by atoms with van der Waals surface area (Å²) in [6, 6.07) is 0. The highest BCUT2D eigenvalue weighted by Gasteiger charge is 2.15. The summed E-state index contributed by atoms with van der Waals surface area (Å²) >= 11 is 0. The van der Waals surface area contributed by atoms with Crippen LogP contribution in [0.2, 0.25) is 0 Å². The van der Waals surface area contributed by atoms with Crippen LogP contribution in [0, 0.1) is 0 Å². The van der Waals surface area contributed by atoms with E-state index in [1.165, 1.54) is 0 Å². The van der Waals surface area contributed by atoms with Gasteiger partial charge in [-0.05, 0) is 46.7 Å². The van der Waals surface area contributed by atoms with Gasteiger partial charge in [-0.2, -0.15) is 0 Å². The SMILES string of the molecule is CCCNCCCC(=O)OC(C)(C)C. The summed E-state index contributed by atoms with van der Waals surface area (Å²) in [5, 5.41) is 3.25. The molecule has 0 aromatic rings. The molecule has 3 nitrogen and oxygen atoms in total. The van der Waals surface area contributed by atoms with Crippen molar-refractivity contribution in [3.8, 4) is 0 Å². The van der Waals surface area contributed by atoms with E-state index in [9.17, 15) is 4.79 Å². The van der Waals surface area contributed by atoms with Gasteiger partial charge in [-0.15, -0.1) is 0 Å². The van der Waals surface area contributed by atoms with Crippen molar-refractivity contribution >= 4 is 5.97 Å². The maximum atomic E-state index is 11.2. The summed E-state index contributed by atoms with van der Waals surface area (Å²) in [6.45, 7) is 9.71. The van der Waals surface area contributed by atoms with E-state index < -0.39 is 0 Å². The average Bonchev–Trinajstić information content (AvgIpc) is 2.00. The smallest absolute Gasteiger partial charge is 0.306 e. The molecule has 14 heavy (non-hydrogen) atoms. The van der Waals surface area contributed by atoms with Gasteiger partial charge in [-0.3, -0.25) is 4.79 Å². The van der Waals surface area contributed by atoms with Gasteiger partial charge in [-0.1, -0.05) is 6.92 Å². The van der Waals surface area contributed by atoms with Gasteiger partial charge in [0.2, 0.25) is 0 Å². The number of ether oxygens (including phenoxy) is 1. The van der Waals surface area contributed by atoms with E-state index in [0.29, 0.717) is 6.42 Å². The Morgan fingerprint density at radius 1 is 1.29 bits per heavy atom. The molecule has 0 bridgehead atoms. The summed E-state index contributed by atoms with van der Waals surface area (Å²) in [5.41, 5.74) is -0.353. The molecule has 0 saturated carbocycles. The largest absolute Gasteiger partial charge is 0.460 e. The van der Waals surface area contributed by atoms with Crippen LogP contribution in [0.5, 0.6) is 0 Å². The van der Waals surface area contributed by atoms with Crippen LogP contribution in [0.1, 0.15) is 47.0 Å². The fraction of sp³-hybridized carbons (Fsp3) is 0.909. The molecule has 0 aliphatic carbocycles. The van der Waals surface area contributed by atoms with Crippen molar-refractivity contribution in [1.82, 2.24) is 5.32 Å². The molecule has 0 unspecified atom stereocenters. The Balaban J connectivity index is 3.36. The van der Waals surface area contributed by atoms with E-state index in [4.69, 9.17) is 4.74 Å². The number of nitrogens with one attached hydrogen (secondary N) is 1. The molecular weight excluding hydrogens is 178 g/mol. The molecule has 0 rings (SSSR count). The van der Waals surface area contributed by atoms with Crippen molar-refractivity contribution in [3.63, 3.8) is 0 Å². The van der Waals surface area contributed by atoms with E-state index >= 15 is 0 Å². The maximum absolute atomic E-state index is 11.2. The molecule has 0 radical (unpaired) electrons. The van der Waals surface area contributed by atoms with Crippen LogP contribution >= 0.6 is 0 Å². The van der Waals surface area contributed by atoms with Crippen LogP contribution in [-0.4, -0.2) is 24.7 Å². The number of carbonyl (C=O) groups is 1. The second-order valence-electron chi connectivity index (χ2n) is 4.44. The molecule has 3 heteroatoms. The van der Waals surface area contributed by atoms with Gasteiger partial charge in [0, 0.05) is 6.42 Å². The Kier molecular flexibility index (Phi) is 6.54. The fourth-order valence-electron chi connectivity index (χ4n) is 1.05. The lowest BCUT2D eigenvalue weighted by molar-refractivity contribution is -0.154. The zero-order valence-electron chi connectivity index (χ0n) is 9.85. The Morgan fingerprint density at radius 3 is 2.43 bits per heavy atom. The highest BCUT2D eigenvalue weighted by Crippen LogP contribution is 2.08. The Morgan fingerprint density at radius 2 is 1.93 bits per heavy atom. The van der Waals surface area contributed by atoms with E-state index in [1.54, 1.807) is 0 Å². The molecule has 0 saturated heterocycles. The third-order valence-corrected chi connectivity index (χ3v) is 1.58. The van der Waals surface area contributed by atoms with Crippen molar-refractivity contribution in [3.05, 3.63) is 0 Å². The molecule has 0 aliphatic rings. The zero-order chi connectivity index (χ0) is 11.0. The lowest BCUT2D eigenvalue weighted by Gasteiger charge is -2.19. The Bertz CT molecular complexity index is 161. The monoisotopic (exact) mass is 201 g/mol. The van der Waals surface area contributed by atoms with Crippen LogP contribution in [0.25, 0.3) is 0 Å². The number of hydrogen-bond acceptors (Lipinski definition) is 3. The first-order valence-electron chi connectivity index (χ1n) is 5.38. The number of hydrogen-bond donors (Lipinski definition) is 1. The summed E-state index contributed by atoms with van der Waals surface area (Å²) in [6.07, 6.45) is 2.50. The number of carbonyl (C=O) groups excluding carboxylic acids is 1. The first-order valence-corrected chi connectivity index (χ1v) is 5.38. The Labute approximate surface area is 87.2 Å². The molecule has 84 valence electrons. The quantitative estimate of drug-likeness (QED) is 0.528. The van der Waals surface area contributed by atoms with Crippen molar-refractivity contribution in [2.45, 2.75) is 52.6 Å². The summed E-state index contributed by atoms with van der Waals surface area (Å²) in [5.74, 6) is -0.101. The Hall–Kier alpha value is -0.570. The molecule has 0 spiro atoms. The summed E-state index contributed by atoms with van der Waals surface area (Å²) in [4.78, 5) is 11.2. The first-order chi connectivity index (χ1) is 6.45. The van der Waals surface area contributed by atoms with Gasteiger partial charge < -0.3 is 10.1 Å². The molecule has 0 heterocycles. The van der Waals surface area contributed by atoms with Gasteiger partial charge in [0.05, 0.1) is 0 Å². The normalized spacial score (nSPS) is 11.4. The third kappa shape index (κ3) is 9.52. The predicted octanol–water partition coefficient (Wildman–Crippen LogP) is 2.11. The molecule has 0 fully saturated rings. The minimum Gasteiger partial charge on any atom is -0.460 e. The van der Waals surface area contributed by atoms with Gasteiger partial charge in [0.25, 0.3) is 0 Å². The molecule has 0 aromatic heterocycles. The van der Waals surface area contributed by atoms with E-state index in [2.05, 4.69) is 12.2 Å². The summed E-state index contributed by atoms with van der Waals surface area (Å²) < 4.78 is 5.18. The highest BCUT2D eigenvalue weighted by atomic mass is 16.6. The third-order valence-electron chi connectivity index (χ3n) is 1.58. The lowest BCUT2D eigenvalue weighted by atomic mass is 10.2. The molecule has 0 aromatic carbocycles. The van der Waals surface area contributed by atoms with Crippen LogP contribution in [0.4, 0.5) is 0 Å². The van der Waals surface area contributed by atoms with Crippen molar-refractivity contribution < 1.29 is 9.53 Å². The lowest BCUT2D eigenvalue weighted by Crippen LogP contribution is -2.24. The second-order valence-corrected chi connectivity index (χ2v) is 4.44. The molecule has 0 aliphatic heterocycles. The van der Waals surface area contributed by atoms with Crippen molar-refractivity contribution in [2.75, 3.05) is 13.1 Å². The van der Waals surface area contributed by atoms with Crippen LogP contribution < -0.4 is 5.32 Å². The van der Waals surface area contributed by atoms with Crippen molar-refractivity contribution in [1.29, 1.82) is 0 Å². The van der Waals surface area contributed by atoms with Crippen LogP contribution in [0.3, 0.4) is 0 Å². The predicted molar refractivity (Wildman–Crippen MR) is 58.2 cm³/mol. The second kappa shape index (κ2) is 6.82. The minimum absolute atomic E-state index is 0.101. The van der Waals surface area contributed by atoms with Gasteiger partial charge >= 0.3 is 5.97 Å². The van der Waals surface area contributed by atoms with Crippen LogP contribution in [-0.2, 0) is 9.53 Å². The number of rotatable bonds is 6. The average molecular weight is 201 g/mol. The maximum Gasteiger partial charge on any atom is 0.306 e. The van der Waals surface area contributed by atoms with Crippen LogP contribution in [0.15, 0.2) is 0 Å². The summed E-state index contributed by atoms with van der Waals surface area (Å²) in [7, 11) is 0. The van der Waals surface area contributed by atoms with E-state index in [0.717, 1.165) is 25.9 Å². The fourth-order valence-corrected chi connectivity index (χ4v) is 1.05. The molecule has 0 amide bonds. The zero-order valence-corrected chi connectivity index (χ0v) is 9.85. The first kappa shape index (κ1) is 13.4.